The lowest BCUT2D eigenvalue weighted by atomic mass is 10.2. The van der Waals surface area contributed by atoms with Gasteiger partial charge in [0.2, 0.25) is 0 Å². The number of methoxy groups -OCH3 is 1. The molecule has 0 radical (unpaired) electrons. The molecule has 0 fully saturated rings. The maximum atomic E-state index is 12.7. The summed E-state index contributed by atoms with van der Waals surface area (Å²) in [6.45, 7) is 1.99. The van der Waals surface area contributed by atoms with Crippen LogP contribution in [0.3, 0.4) is 0 Å². The number of aromatic nitrogens is 2. The Labute approximate surface area is 135 Å². The summed E-state index contributed by atoms with van der Waals surface area (Å²) in [5.74, 6) is -1.18. The Morgan fingerprint density at radius 3 is 2.70 bits per heavy atom. The van der Waals surface area contributed by atoms with Crippen LogP contribution >= 0.6 is 11.3 Å². The Morgan fingerprint density at radius 2 is 2.13 bits per heavy atom. The second kappa shape index (κ2) is 6.88. The topological polar surface area (TPSA) is 125 Å². The van der Waals surface area contributed by atoms with Gasteiger partial charge in [0.15, 0.2) is 0 Å². The minimum atomic E-state index is -1.01. The number of amides is 1. The standard InChI is InChI=1S/C14H17N3O5S/c1-7-10-13(23-11(7)12(15)20)16-8(4-6-22-2)17(14(10)21)5-3-9(18)19/h3-6H2,1-2H3,(H2,15,20)(H,18,19). The third kappa shape index (κ3) is 3.40. The molecule has 0 aliphatic heterocycles. The number of carboxylic acids is 1. The molecule has 2 aromatic rings. The fourth-order valence-corrected chi connectivity index (χ4v) is 3.36. The molecule has 0 saturated heterocycles. The van der Waals surface area contributed by atoms with Crippen LogP contribution < -0.4 is 11.3 Å². The molecule has 0 spiro atoms. The number of fused-ring (bicyclic) bond motifs is 1. The van der Waals surface area contributed by atoms with Crippen LogP contribution in [-0.4, -0.2) is 40.3 Å². The first-order valence-corrected chi connectivity index (χ1v) is 7.71. The van der Waals surface area contributed by atoms with Crippen molar-refractivity contribution < 1.29 is 19.4 Å². The van der Waals surface area contributed by atoms with E-state index in [1.165, 1.54) is 11.7 Å². The molecule has 2 aromatic heterocycles. The Bertz CT molecular complexity index is 824. The predicted octanol–water partition coefficient (Wildman–Crippen LogP) is 0.529. The van der Waals surface area contributed by atoms with E-state index >= 15 is 0 Å². The molecule has 8 nitrogen and oxygen atoms in total. The Morgan fingerprint density at radius 1 is 1.43 bits per heavy atom. The van der Waals surface area contributed by atoms with Crippen LogP contribution in [0.1, 0.15) is 27.5 Å². The molecule has 0 bridgehead atoms. The SMILES string of the molecule is COCCc1nc2sc(C(N)=O)c(C)c2c(=O)n1CCC(=O)O. The first-order valence-electron chi connectivity index (χ1n) is 6.90. The lowest BCUT2D eigenvalue weighted by Gasteiger charge is -2.11. The number of hydrogen-bond donors (Lipinski definition) is 2. The summed E-state index contributed by atoms with van der Waals surface area (Å²) in [5, 5.41) is 9.17. The normalized spacial score (nSPS) is 11.0. The summed E-state index contributed by atoms with van der Waals surface area (Å²) in [7, 11) is 1.53. The number of thiophene rings is 1. The van der Waals surface area contributed by atoms with E-state index in [1.807, 2.05) is 0 Å². The zero-order valence-corrected chi connectivity index (χ0v) is 13.6. The molecule has 2 rings (SSSR count). The number of carbonyl (C=O) groups excluding carboxylic acids is 1. The molecule has 9 heteroatoms. The summed E-state index contributed by atoms with van der Waals surface area (Å²) in [6.07, 6.45) is 0.170. The first kappa shape index (κ1) is 17.1. The van der Waals surface area contributed by atoms with E-state index in [2.05, 4.69) is 4.98 Å². The van der Waals surface area contributed by atoms with Crippen LogP contribution in [0.5, 0.6) is 0 Å². The monoisotopic (exact) mass is 339 g/mol. The number of carboxylic acid groups (broad SMARTS) is 1. The van der Waals surface area contributed by atoms with Gasteiger partial charge in [0, 0.05) is 20.1 Å². The minimum Gasteiger partial charge on any atom is -0.481 e. The fourth-order valence-electron chi connectivity index (χ4n) is 2.32. The van der Waals surface area contributed by atoms with E-state index in [4.69, 9.17) is 15.6 Å². The van der Waals surface area contributed by atoms with Gasteiger partial charge in [-0.15, -0.1) is 11.3 Å². The second-order valence-corrected chi connectivity index (χ2v) is 5.97. The summed E-state index contributed by atoms with van der Waals surface area (Å²) in [5.41, 5.74) is 5.45. The molecular formula is C14H17N3O5S. The van der Waals surface area contributed by atoms with E-state index in [-0.39, 0.29) is 18.5 Å². The van der Waals surface area contributed by atoms with Gasteiger partial charge in [0.05, 0.1) is 23.3 Å². The first-order chi connectivity index (χ1) is 10.9. The minimum absolute atomic E-state index is 0.0113. The molecule has 0 aromatic carbocycles. The smallest absolute Gasteiger partial charge is 0.305 e. The predicted molar refractivity (Wildman–Crippen MR) is 85.0 cm³/mol. The Hall–Kier alpha value is -2.26. The van der Waals surface area contributed by atoms with Gasteiger partial charge in [-0.2, -0.15) is 0 Å². The number of aryl methyl sites for hydroxylation is 1. The van der Waals surface area contributed by atoms with Crippen molar-refractivity contribution >= 4 is 33.4 Å². The molecule has 3 N–H and O–H groups in total. The third-order valence-corrected chi connectivity index (χ3v) is 4.63. The number of ether oxygens (including phenoxy) is 1. The van der Waals surface area contributed by atoms with Gasteiger partial charge in [-0.05, 0) is 12.5 Å². The number of carbonyl (C=O) groups is 2. The molecule has 0 unspecified atom stereocenters. The molecule has 0 saturated carbocycles. The number of nitrogens with zero attached hydrogens (tertiary/aromatic N) is 2. The van der Waals surface area contributed by atoms with Crippen molar-refractivity contribution in [2.75, 3.05) is 13.7 Å². The van der Waals surface area contributed by atoms with E-state index < -0.39 is 11.9 Å². The van der Waals surface area contributed by atoms with Gasteiger partial charge in [0.25, 0.3) is 11.5 Å². The molecule has 1 amide bonds. The molecule has 124 valence electrons. The fraction of sp³-hybridized carbons (Fsp3) is 0.429. The summed E-state index contributed by atoms with van der Waals surface area (Å²) in [4.78, 5) is 40.1. The van der Waals surface area contributed by atoms with Gasteiger partial charge in [-0.25, -0.2) is 4.98 Å². The van der Waals surface area contributed by atoms with E-state index in [0.29, 0.717) is 39.5 Å². The number of rotatable bonds is 7. The molecule has 0 aliphatic carbocycles. The average molecular weight is 339 g/mol. The van der Waals surface area contributed by atoms with Crippen molar-refractivity contribution in [3.63, 3.8) is 0 Å². The summed E-state index contributed by atoms with van der Waals surface area (Å²) < 4.78 is 6.34. The van der Waals surface area contributed by atoms with Crippen molar-refractivity contribution in [3.8, 4) is 0 Å². The van der Waals surface area contributed by atoms with Crippen LogP contribution in [0.15, 0.2) is 4.79 Å². The molecule has 0 aliphatic rings. The number of nitrogens with two attached hydrogens (primary N) is 1. The quantitative estimate of drug-likeness (QED) is 0.758. The number of aliphatic carboxylic acids is 1. The molecule has 2 heterocycles. The van der Waals surface area contributed by atoms with E-state index in [1.54, 1.807) is 6.92 Å². The van der Waals surface area contributed by atoms with Crippen LogP contribution in [0, 0.1) is 6.92 Å². The van der Waals surface area contributed by atoms with Crippen molar-refractivity contribution in [3.05, 3.63) is 26.6 Å². The maximum Gasteiger partial charge on any atom is 0.305 e. The zero-order chi connectivity index (χ0) is 17.1. The maximum absolute atomic E-state index is 12.7. The molecule has 23 heavy (non-hydrogen) atoms. The molecule has 0 atom stereocenters. The lowest BCUT2D eigenvalue weighted by molar-refractivity contribution is -0.137. The van der Waals surface area contributed by atoms with Crippen molar-refractivity contribution in [2.45, 2.75) is 26.3 Å². The molecular weight excluding hydrogens is 322 g/mol. The highest BCUT2D eigenvalue weighted by Crippen LogP contribution is 2.27. The Balaban J connectivity index is 2.65. The highest BCUT2D eigenvalue weighted by atomic mass is 32.1. The van der Waals surface area contributed by atoms with Gasteiger partial charge >= 0.3 is 5.97 Å². The largest absolute Gasteiger partial charge is 0.481 e. The average Bonchev–Trinajstić information content (AvgIpc) is 2.81. The third-order valence-electron chi connectivity index (χ3n) is 3.43. The van der Waals surface area contributed by atoms with Gasteiger partial charge in [0.1, 0.15) is 10.7 Å². The van der Waals surface area contributed by atoms with Crippen molar-refractivity contribution in [1.29, 1.82) is 0 Å². The Kier molecular flexibility index (Phi) is 5.12. The highest BCUT2D eigenvalue weighted by molar-refractivity contribution is 7.20. The lowest BCUT2D eigenvalue weighted by Crippen LogP contribution is -2.27. The van der Waals surface area contributed by atoms with Crippen LogP contribution in [-0.2, 0) is 22.5 Å². The van der Waals surface area contributed by atoms with Crippen molar-refractivity contribution in [2.24, 2.45) is 5.73 Å². The van der Waals surface area contributed by atoms with Crippen LogP contribution in [0.25, 0.3) is 10.2 Å². The highest BCUT2D eigenvalue weighted by Gasteiger charge is 2.20. The van der Waals surface area contributed by atoms with E-state index in [0.717, 1.165) is 11.3 Å². The van der Waals surface area contributed by atoms with E-state index in [9.17, 15) is 14.4 Å². The summed E-state index contributed by atoms with van der Waals surface area (Å²) in [6, 6.07) is 0. The summed E-state index contributed by atoms with van der Waals surface area (Å²) >= 11 is 1.07. The number of primary amides is 1. The zero-order valence-electron chi connectivity index (χ0n) is 12.8. The van der Waals surface area contributed by atoms with Gasteiger partial charge in [-0.1, -0.05) is 0 Å². The number of hydrogen-bond acceptors (Lipinski definition) is 6. The second-order valence-electron chi connectivity index (χ2n) is 4.97. The van der Waals surface area contributed by atoms with Gasteiger partial charge < -0.3 is 15.6 Å². The van der Waals surface area contributed by atoms with Crippen molar-refractivity contribution in [1.82, 2.24) is 9.55 Å². The van der Waals surface area contributed by atoms with Crippen LogP contribution in [0.2, 0.25) is 0 Å². The van der Waals surface area contributed by atoms with Crippen LogP contribution in [0.4, 0.5) is 0 Å². The van der Waals surface area contributed by atoms with Gasteiger partial charge in [-0.3, -0.25) is 19.0 Å².